The van der Waals surface area contributed by atoms with Gasteiger partial charge in [-0.3, -0.25) is 4.79 Å². The molecule has 1 saturated heterocycles. The molecule has 1 aromatic rings. The van der Waals surface area contributed by atoms with Gasteiger partial charge >= 0.3 is 5.97 Å². The summed E-state index contributed by atoms with van der Waals surface area (Å²) in [5.74, 6) is -0.273. The molecular weight excluding hydrogens is 244 g/mol. The number of benzene rings is 1. The molecule has 0 aromatic heterocycles. The molecule has 0 aliphatic carbocycles. The molecule has 1 heterocycles. The Morgan fingerprint density at radius 2 is 2.11 bits per heavy atom. The quantitative estimate of drug-likeness (QED) is 0.816. The maximum Gasteiger partial charge on any atom is 0.335 e. The molecule has 0 radical (unpaired) electrons. The SMILES string of the molecule is CC1CCN(c2ccc(C(=O)O)cc2NC=O)CC1. The minimum Gasteiger partial charge on any atom is -0.478 e. The second-order valence-corrected chi connectivity index (χ2v) is 4.97. The lowest BCUT2D eigenvalue weighted by atomic mass is 9.98. The standard InChI is InChI=1S/C14H18N2O3/c1-10-4-6-16(7-5-10)13-3-2-11(14(18)19)8-12(13)15-9-17/h2-3,8-10H,4-7H2,1H3,(H,15,17)(H,18,19). The molecule has 102 valence electrons. The molecule has 1 aromatic carbocycles. The predicted octanol–water partition coefficient (Wildman–Crippen LogP) is 2.19. The molecule has 5 heteroatoms. The molecule has 0 saturated carbocycles. The highest BCUT2D eigenvalue weighted by molar-refractivity contribution is 5.92. The van der Waals surface area contributed by atoms with Crippen LogP contribution in [0.4, 0.5) is 11.4 Å². The van der Waals surface area contributed by atoms with Crippen molar-refractivity contribution < 1.29 is 14.7 Å². The Morgan fingerprint density at radius 1 is 1.42 bits per heavy atom. The van der Waals surface area contributed by atoms with E-state index in [0.717, 1.165) is 37.5 Å². The van der Waals surface area contributed by atoms with Crippen molar-refractivity contribution in [3.63, 3.8) is 0 Å². The lowest BCUT2D eigenvalue weighted by Gasteiger charge is -2.33. The summed E-state index contributed by atoms with van der Waals surface area (Å²) in [6.45, 7) is 4.09. The van der Waals surface area contributed by atoms with Crippen LogP contribution in [0.5, 0.6) is 0 Å². The van der Waals surface area contributed by atoms with Gasteiger partial charge in [-0.2, -0.15) is 0 Å². The lowest BCUT2D eigenvalue weighted by Crippen LogP contribution is -2.33. The zero-order valence-electron chi connectivity index (χ0n) is 10.9. The fourth-order valence-corrected chi connectivity index (χ4v) is 2.37. The summed E-state index contributed by atoms with van der Waals surface area (Å²) in [5.41, 5.74) is 1.63. The lowest BCUT2D eigenvalue weighted by molar-refractivity contribution is -0.105. The number of nitrogens with one attached hydrogen (secondary N) is 1. The molecule has 1 aliphatic rings. The van der Waals surface area contributed by atoms with E-state index >= 15 is 0 Å². The fourth-order valence-electron chi connectivity index (χ4n) is 2.37. The molecule has 1 aliphatic heterocycles. The minimum atomic E-state index is -0.993. The van der Waals surface area contributed by atoms with Gasteiger partial charge in [-0.1, -0.05) is 6.92 Å². The van der Waals surface area contributed by atoms with Crippen molar-refractivity contribution in [2.45, 2.75) is 19.8 Å². The molecule has 0 bridgehead atoms. The third kappa shape index (κ3) is 3.05. The molecule has 0 unspecified atom stereocenters. The van der Waals surface area contributed by atoms with E-state index in [1.54, 1.807) is 12.1 Å². The second-order valence-electron chi connectivity index (χ2n) is 4.97. The van der Waals surface area contributed by atoms with Crippen LogP contribution in [-0.4, -0.2) is 30.6 Å². The van der Waals surface area contributed by atoms with Crippen LogP contribution in [0.3, 0.4) is 0 Å². The van der Waals surface area contributed by atoms with Crippen molar-refractivity contribution in [2.24, 2.45) is 5.92 Å². The number of carbonyl (C=O) groups excluding carboxylic acids is 1. The molecule has 1 amide bonds. The molecular formula is C14H18N2O3. The average Bonchev–Trinajstić information content (AvgIpc) is 2.40. The monoisotopic (exact) mass is 262 g/mol. The third-order valence-corrected chi connectivity index (χ3v) is 3.58. The number of aromatic carboxylic acids is 1. The maximum absolute atomic E-state index is 11.0. The summed E-state index contributed by atoms with van der Waals surface area (Å²) in [7, 11) is 0. The van der Waals surface area contributed by atoms with Gasteiger partial charge < -0.3 is 15.3 Å². The molecule has 1 fully saturated rings. The van der Waals surface area contributed by atoms with Gasteiger partial charge in [0.2, 0.25) is 6.41 Å². The van der Waals surface area contributed by atoms with E-state index in [1.165, 1.54) is 6.07 Å². The number of amides is 1. The van der Waals surface area contributed by atoms with Gasteiger partial charge in [0.1, 0.15) is 0 Å². The van der Waals surface area contributed by atoms with Gasteiger partial charge in [0.25, 0.3) is 0 Å². The molecule has 5 nitrogen and oxygen atoms in total. The zero-order valence-corrected chi connectivity index (χ0v) is 10.9. The largest absolute Gasteiger partial charge is 0.478 e. The van der Waals surface area contributed by atoms with E-state index in [0.29, 0.717) is 12.1 Å². The van der Waals surface area contributed by atoms with Crippen LogP contribution < -0.4 is 10.2 Å². The topological polar surface area (TPSA) is 69.6 Å². The molecule has 0 atom stereocenters. The van der Waals surface area contributed by atoms with Gasteiger partial charge in [-0.25, -0.2) is 4.79 Å². The molecule has 19 heavy (non-hydrogen) atoms. The van der Waals surface area contributed by atoms with Crippen LogP contribution in [-0.2, 0) is 4.79 Å². The Balaban J connectivity index is 2.28. The van der Waals surface area contributed by atoms with Crippen LogP contribution >= 0.6 is 0 Å². The number of carboxylic acids is 1. The van der Waals surface area contributed by atoms with E-state index < -0.39 is 5.97 Å². The fraction of sp³-hybridized carbons (Fsp3) is 0.429. The number of piperidine rings is 1. The highest BCUT2D eigenvalue weighted by Crippen LogP contribution is 2.30. The first-order valence-corrected chi connectivity index (χ1v) is 6.44. The Kier molecular flexibility index (Phi) is 4.04. The minimum absolute atomic E-state index is 0.179. The number of carbonyl (C=O) groups is 2. The van der Waals surface area contributed by atoms with Crippen LogP contribution in [0.2, 0.25) is 0 Å². The van der Waals surface area contributed by atoms with Crippen LogP contribution in [0.25, 0.3) is 0 Å². The molecule has 2 N–H and O–H groups in total. The van der Waals surface area contributed by atoms with E-state index in [2.05, 4.69) is 17.1 Å². The van der Waals surface area contributed by atoms with Crippen molar-refractivity contribution in [1.29, 1.82) is 0 Å². The highest BCUT2D eigenvalue weighted by atomic mass is 16.4. The van der Waals surface area contributed by atoms with E-state index in [-0.39, 0.29) is 5.56 Å². The molecule has 2 rings (SSSR count). The maximum atomic E-state index is 11.0. The van der Waals surface area contributed by atoms with Gasteiger partial charge in [0.15, 0.2) is 0 Å². The third-order valence-electron chi connectivity index (χ3n) is 3.58. The van der Waals surface area contributed by atoms with Crippen LogP contribution in [0.15, 0.2) is 18.2 Å². The van der Waals surface area contributed by atoms with Gasteiger partial charge in [-0.05, 0) is 37.0 Å². The number of hydrogen-bond donors (Lipinski definition) is 2. The molecule has 0 spiro atoms. The Labute approximate surface area is 112 Å². The highest BCUT2D eigenvalue weighted by Gasteiger charge is 2.19. The van der Waals surface area contributed by atoms with Crippen molar-refractivity contribution in [3.8, 4) is 0 Å². The predicted molar refractivity (Wildman–Crippen MR) is 73.7 cm³/mol. The van der Waals surface area contributed by atoms with Crippen molar-refractivity contribution in [1.82, 2.24) is 0 Å². The zero-order chi connectivity index (χ0) is 13.8. The first kappa shape index (κ1) is 13.4. The van der Waals surface area contributed by atoms with Crippen molar-refractivity contribution in [2.75, 3.05) is 23.3 Å². The van der Waals surface area contributed by atoms with Crippen LogP contribution in [0, 0.1) is 5.92 Å². The summed E-state index contributed by atoms with van der Waals surface area (Å²) in [6, 6.07) is 4.85. The van der Waals surface area contributed by atoms with Crippen molar-refractivity contribution in [3.05, 3.63) is 23.8 Å². The Morgan fingerprint density at radius 3 is 2.68 bits per heavy atom. The number of nitrogens with zero attached hydrogens (tertiary/aromatic N) is 1. The van der Waals surface area contributed by atoms with E-state index in [9.17, 15) is 9.59 Å². The summed E-state index contributed by atoms with van der Waals surface area (Å²) in [6.07, 6.45) is 2.81. The van der Waals surface area contributed by atoms with Gasteiger partial charge in [0.05, 0.1) is 16.9 Å². The van der Waals surface area contributed by atoms with Crippen molar-refractivity contribution >= 4 is 23.8 Å². The van der Waals surface area contributed by atoms with Gasteiger partial charge in [-0.15, -0.1) is 0 Å². The number of anilines is 2. The summed E-state index contributed by atoms with van der Waals surface area (Å²) in [5, 5.41) is 11.6. The summed E-state index contributed by atoms with van der Waals surface area (Å²) >= 11 is 0. The first-order valence-electron chi connectivity index (χ1n) is 6.44. The normalized spacial score (nSPS) is 16.2. The smallest absolute Gasteiger partial charge is 0.335 e. The van der Waals surface area contributed by atoms with E-state index in [1.807, 2.05) is 0 Å². The Bertz CT molecular complexity index is 480. The number of hydrogen-bond acceptors (Lipinski definition) is 3. The summed E-state index contributed by atoms with van der Waals surface area (Å²) < 4.78 is 0. The first-order chi connectivity index (χ1) is 9.11. The van der Waals surface area contributed by atoms with E-state index in [4.69, 9.17) is 5.11 Å². The average molecular weight is 262 g/mol. The second kappa shape index (κ2) is 5.73. The van der Waals surface area contributed by atoms with Crippen LogP contribution in [0.1, 0.15) is 30.1 Å². The Hall–Kier alpha value is -2.04. The number of rotatable bonds is 4. The summed E-state index contributed by atoms with van der Waals surface area (Å²) in [4.78, 5) is 23.8. The van der Waals surface area contributed by atoms with Gasteiger partial charge in [0, 0.05) is 13.1 Å². The number of carboxylic acid groups (broad SMARTS) is 1.